The summed E-state index contributed by atoms with van der Waals surface area (Å²) in [6, 6.07) is 3.36. The molecule has 0 aliphatic rings. The average Bonchev–Trinajstić information content (AvgIpc) is 2.43. The largest absolute Gasteiger partial charge is 0.392 e. The van der Waals surface area contributed by atoms with Crippen molar-refractivity contribution in [3.63, 3.8) is 0 Å². The van der Waals surface area contributed by atoms with E-state index in [2.05, 4.69) is 4.72 Å². The molecular weight excluding hydrogens is 285 g/mol. The van der Waals surface area contributed by atoms with Crippen LogP contribution in [0.3, 0.4) is 0 Å². The Balaban J connectivity index is 2.56. The van der Waals surface area contributed by atoms with Gasteiger partial charge in [-0.05, 0) is 37.5 Å². The van der Waals surface area contributed by atoms with Crippen LogP contribution in [0.1, 0.15) is 24.8 Å². The molecule has 5 nitrogen and oxygen atoms in total. The summed E-state index contributed by atoms with van der Waals surface area (Å²) in [5.74, 6) is -0.619. The molecule has 0 aromatic heterocycles. The van der Waals surface area contributed by atoms with Crippen LogP contribution in [0.25, 0.3) is 0 Å². The highest BCUT2D eigenvalue weighted by Crippen LogP contribution is 2.15. The molecule has 7 heteroatoms. The highest BCUT2D eigenvalue weighted by molar-refractivity contribution is 7.89. The van der Waals surface area contributed by atoms with E-state index in [1.54, 1.807) is 7.11 Å². The molecule has 114 valence electrons. The van der Waals surface area contributed by atoms with Gasteiger partial charge < -0.3 is 9.84 Å². The minimum absolute atomic E-state index is 0.0343. The molecule has 20 heavy (non-hydrogen) atoms. The van der Waals surface area contributed by atoms with Gasteiger partial charge in [-0.15, -0.1) is 0 Å². The number of nitrogens with one attached hydrogen (secondary N) is 1. The van der Waals surface area contributed by atoms with Crippen molar-refractivity contribution in [2.45, 2.75) is 30.8 Å². The summed E-state index contributed by atoms with van der Waals surface area (Å²) in [6.45, 7) is 0.439. The number of unbranched alkanes of at least 4 members (excludes halogenated alkanes) is 2. The van der Waals surface area contributed by atoms with Gasteiger partial charge in [0.15, 0.2) is 0 Å². The molecule has 0 saturated heterocycles. The number of aliphatic hydroxyl groups excluding tert-OH is 1. The first-order valence-electron chi connectivity index (χ1n) is 6.39. The Hall–Kier alpha value is -1.02. The molecule has 0 atom stereocenters. The molecule has 0 fully saturated rings. The quantitative estimate of drug-likeness (QED) is 0.677. The Morgan fingerprint density at radius 1 is 1.30 bits per heavy atom. The maximum absolute atomic E-state index is 13.2. The Morgan fingerprint density at radius 2 is 2.05 bits per heavy atom. The first-order chi connectivity index (χ1) is 9.51. The van der Waals surface area contributed by atoms with Crippen LogP contribution in [0.4, 0.5) is 4.39 Å². The first-order valence-corrected chi connectivity index (χ1v) is 7.87. The van der Waals surface area contributed by atoms with E-state index in [1.165, 1.54) is 6.07 Å². The van der Waals surface area contributed by atoms with Crippen LogP contribution in [0.5, 0.6) is 0 Å². The lowest BCUT2D eigenvalue weighted by Crippen LogP contribution is -2.25. The Bertz CT molecular complexity index is 519. The maximum Gasteiger partial charge on any atom is 0.240 e. The second kappa shape index (κ2) is 8.31. The van der Waals surface area contributed by atoms with Gasteiger partial charge >= 0.3 is 0 Å². The lowest BCUT2D eigenvalue weighted by Gasteiger charge is -2.08. The zero-order valence-corrected chi connectivity index (χ0v) is 12.2. The molecule has 0 amide bonds. The standard InChI is InChI=1S/C13H20FNO4S/c1-19-8-4-2-3-7-15-20(17,18)12-5-6-13(14)11(9-12)10-16/h5-6,9,15-16H,2-4,7-8,10H2,1H3. The first kappa shape index (κ1) is 17.0. The van der Waals surface area contributed by atoms with Gasteiger partial charge in [0.1, 0.15) is 5.82 Å². The van der Waals surface area contributed by atoms with Gasteiger partial charge in [0.25, 0.3) is 0 Å². The van der Waals surface area contributed by atoms with E-state index in [0.717, 1.165) is 25.0 Å². The number of hydrogen-bond acceptors (Lipinski definition) is 4. The van der Waals surface area contributed by atoms with Crippen molar-refractivity contribution in [2.75, 3.05) is 20.3 Å². The second-order valence-corrected chi connectivity index (χ2v) is 6.13. The maximum atomic E-state index is 13.2. The summed E-state index contributed by atoms with van der Waals surface area (Å²) in [7, 11) is -2.04. The summed E-state index contributed by atoms with van der Waals surface area (Å²) in [6.07, 6.45) is 2.45. The van der Waals surface area contributed by atoms with Crippen LogP contribution in [0.2, 0.25) is 0 Å². The molecule has 0 unspecified atom stereocenters. The number of hydrogen-bond donors (Lipinski definition) is 2. The van der Waals surface area contributed by atoms with Crippen LogP contribution >= 0.6 is 0 Å². The Morgan fingerprint density at radius 3 is 2.70 bits per heavy atom. The van der Waals surface area contributed by atoms with Crippen LogP contribution in [-0.2, 0) is 21.4 Å². The molecular formula is C13H20FNO4S. The molecule has 0 aliphatic carbocycles. The molecule has 0 saturated carbocycles. The van der Waals surface area contributed by atoms with Gasteiger partial charge in [0.2, 0.25) is 10.0 Å². The predicted molar refractivity (Wildman–Crippen MR) is 73.2 cm³/mol. The predicted octanol–water partition coefficient (Wildman–Crippen LogP) is 1.41. The second-order valence-electron chi connectivity index (χ2n) is 4.36. The topological polar surface area (TPSA) is 75.6 Å². The Kier molecular flexibility index (Phi) is 7.08. The van der Waals surface area contributed by atoms with Crippen molar-refractivity contribution in [3.05, 3.63) is 29.6 Å². The fourth-order valence-corrected chi connectivity index (χ4v) is 2.80. The minimum atomic E-state index is -3.66. The average molecular weight is 305 g/mol. The van der Waals surface area contributed by atoms with Crippen LogP contribution < -0.4 is 4.72 Å². The van der Waals surface area contributed by atoms with E-state index in [1.807, 2.05) is 0 Å². The van der Waals surface area contributed by atoms with Crippen LogP contribution in [0.15, 0.2) is 23.1 Å². The fourth-order valence-electron chi connectivity index (χ4n) is 1.68. The van der Waals surface area contributed by atoms with Gasteiger partial charge in [-0.3, -0.25) is 0 Å². The number of rotatable bonds is 9. The molecule has 0 bridgehead atoms. The SMILES string of the molecule is COCCCCCNS(=O)(=O)c1ccc(F)c(CO)c1. The third-order valence-corrected chi connectivity index (χ3v) is 4.27. The highest BCUT2D eigenvalue weighted by Gasteiger charge is 2.15. The van der Waals surface area contributed by atoms with Crippen molar-refractivity contribution in [1.82, 2.24) is 4.72 Å². The molecule has 0 radical (unpaired) electrons. The Labute approximate surface area is 118 Å². The summed E-state index contributed by atoms with van der Waals surface area (Å²) in [5.41, 5.74) is -0.0343. The normalized spacial score (nSPS) is 11.8. The number of halogens is 1. The fraction of sp³-hybridized carbons (Fsp3) is 0.538. The third-order valence-electron chi connectivity index (χ3n) is 2.82. The van der Waals surface area contributed by atoms with Gasteiger partial charge in [-0.1, -0.05) is 0 Å². The molecule has 0 heterocycles. The molecule has 1 aromatic rings. The smallest absolute Gasteiger partial charge is 0.240 e. The minimum Gasteiger partial charge on any atom is -0.392 e. The number of methoxy groups -OCH3 is 1. The summed E-state index contributed by atoms with van der Waals surface area (Å²) in [5, 5.41) is 8.94. The van der Waals surface area contributed by atoms with Crippen LogP contribution in [0, 0.1) is 5.82 Å². The zero-order valence-electron chi connectivity index (χ0n) is 11.4. The molecule has 1 aromatic carbocycles. The van der Waals surface area contributed by atoms with Crippen molar-refractivity contribution < 1.29 is 22.7 Å². The molecule has 0 spiro atoms. The number of aliphatic hydroxyl groups is 1. The van der Waals surface area contributed by atoms with E-state index in [-0.39, 0.29) is 10.5 Å². The monoisotopic (exact) mass is 305 g/mol. The lowest BCUT2D eigenvalue weighted by molar-refractivity contribution is 0.192. The van der Waals surface area contributed by atoms with Crippen LogP contribution in [-0.4, -0.2) is 33.8 Å². The lowest BCUT2D eigenvalue weighted by atomic mass is 10.2. The van der Waals surface area contributed by atoms with Crippen molar-refractivity contribution in [3.8, 4) is 0 Å². The van der Waals surface area contributed by atoms with Gasteiger partial charge in [-0.2, -0.15) is 0 Å². The molecule has 0 aliphatic heterocycles. The number of benzene rings is 1. The van der Waals surface area contributed by atoms with Gasteiger partial charge in [0, 0.05) is 25.8 Å². The molecule has 2 N–H and O–H groups in total. The summed E-state index contributed by atoms with van der Waals surface area (Å²) < 4.78 is 44.5. The van der Waals surface area contributed by atoms with E-state index in [0.29, 0.717) is 19.6 Å². The van der Waals surface area contributed by atoms with Gasteiger partial charge in [0.05, 0.1) is 11.5 Å². The number of sulfonamides is 1. The van der Waals surface area contributed by atoms with E-state index < -0.39 is 22.4 Å². The van der Waals surface area contributed by atoms with E-state index in [4.69, 9.17) is 9.84 Å². The summed E-state index contributed by atoms with van der Waals surface area (Å²) in [4.78, 5) is -0.0418. The van der Waals surface area contributed by atoms with E-state index in [9.17, 15) is 12.8 Å². The van der Waals surface area contributed by atoms with Crippen molar-refractivity contribution >= 4 is 10.0 Å². The van der Waals surface area contributed by atoms with E-state index >= 15 is 0 Å². The summed E-state index contributed by atoms with van der Waals surface area (Å²) >= 11 is 0. The molecule has 1 rings (SSSR count). The highest BCUT2D eigenvalue weighted by atomic mass is 32.2. The van der Waals surface area contributed by atoms with Gasteiger partial charge in [-0.25, -0.2) is 17.5 Å². The number of ether oxygens (including phenoxy) is 1. The van der Waals surface area contributed by atoms with Crippen molar-refractivity contribution in [1.29, 1.82) is 0 Å². The van der Waals surface area contributed by atoms with Crippen molar-refractivity contribution in [2.24, 2.45) is 0 Å². The third kappa shape index (κ3) is 5.16. The zero-order chi connectivity index (χ0) is 15.0.